The Balaban J connectivity index is 2.44. The molecular formula is C15H17ClO2. The molecular weight excluding hydrogens is 248 g/mol. The zero-order valence-electron chi connectivity index (χ0n) is 10.8. The monoisotopic (exact) mass is 264 g/mol. The van der Waals surface area contributed by atoms with Crippen molar-refractivity contribution in [1.29, 1.82) is 0 Å². The molecule has 1 aromatic carbocycles. The van der Waals surface area contributed by atoms with Gasteiger partial charge in [0.1, 0.15) is 0 Å². The molecule has 2 rings (SSSR count). The minimum absolute atomic E-state index is 0.264. The molecule has 0 saturated heterocycles. The molecule has 1 aliphatic rings. The van der Waals surface area contributed by atoms with Gasteiger partial charge < -0.3 is 4.74 Å². The molecule has 0 aromatic heterocycles. The summed E-state index contributed by atoms with van der Waals surface area (Å²) in [7, 11) is 0. The van der Waals surface area contributed by atoms with Crippen molar-refractivity contribution in [1.82, 2.24) is 0 Å². The fraction of sp³-hybridized carbons (Fsp3) is 0.400. The van der Waals surface area contributed by atoms with Crippen LogP contribution in [0.2, 0.25) is 5.02 Å². The van der Waals surface area contributed by atoms with Crippen LogP contribution in [0.25, 0.3) is 5.57 Å². The molecule has 1 aliphatic carbocycles. The Kier molecular flexibility index (Phi) is 4.07. The number of esters is 1. The first-order valence-corrected chi connectivity index (χ1v) is 6.67. The largest absolute Gasteiger partial charge is 0.463 e. The van der Waals surface area contributed by atoms with Crippen LogP contribution in [0, 0.1) is 6.92 Å². The minimum atomic E-state index is -0.264. The summed E-state index contributed by atoms with van der Waals surface area (Å²) in [6, 6.07) is 3.99. The van der Waals surface area contributed by atoms with Crippen LogP contribution in [0.5, 0.6) is 0 Å². The fourth-order valence-corrected chi connectivity index (χ4v) is 2.62. The van der Waals surface area contributed by atoms with Gasteiger partial charge in [0, 0.05) is 11.1 Å². The van der Waals surface area contributed by atoms with Crippen LogP contribution in [0.3, 0.4) is 0 Å². The van der Waals surface area contributed by atoms with E-state index in [0.717, 1.165) is 41.0 Å². The molecule has 0 aliphatic heterocycles. The maximum absolute atomic E-state index is 11.6. The van der Waals surface area contributed by atoms with Crippen molar-refractivity contribution in [3.63, 3.8) is 0 Å². The molecule has 18 heavy (non-hydrogen) atoms. The van der Waals surface area contributed by atoms with Gasteiger partial charge in [0.2, 0.25) is 0 Å². The maximum atomic E-state index is 11.6. The second kappa shape index (κ2) is 5.57. The predicted molar refractivity (Wildman–Crippen MR) is 73.7 cm³/mol. The van der Waals surface area contributed by atoms with E-state index in [2.05, 4.69) is 6.07 Å². The summed E-state index contributed by atoms with van der Waals surface area (Å²) in [6.07, 6.45) is 4.64. The van der Waals surface area contributed by atoms with E-state index < -0.39 is 0 Å². The van der Waals surface area contributed by atoms with E-state index in [1.165, 1.54) is 5.56 Å². The number of hydrogen-bond donors (Lipinski definition) is 0. The van der Waals surface area contributed by atoms with E-state index in [1.54, 1.807) is 6.08 Å². The molecule has 0 atom stereocenters. The second-order valence-corrected chi connectivity index (χ2v) is 4.89. The van der Waals surface area contributed by atoms with Crippen molar-refractivity contribution >= 4 is 23.1 Å². The van der Waals surface area contributed by atoms with Crippen molar-refractivity contribution in [3.8, 4) is 0 Å². The van der Waals surface area contributed by atoms with Gasteiger partial charge in [-0.2, -0.15) is 0 Å². The van der Waals surface area contributed by atoms with Crippen LogP contribution in [-0.4, -0.2) is 12.6 Å². The quantitative estimate of drug-likeness (QED) is 0.598. The molecule has 0 N–H and O–H groups in total. The normalized spacial score (nSPS) is 16.5. The highest BCUT2D eigenvalue weighted by atomic mass is 35.5. The molecule has 0 amide bonds. The van der Waals surface area contributed by atoms with Gasteiger partial charge in [0.25, 0.3) is 0 Å². The van der Waals surface area contributed by atoms with Gasteiger partial charge in [-0.15, -0.1) is 0 Å². The molecule has 0 radical (unpaired) electrons. The van der Waals surface area contributed by atoms with Gasteiger partial charge in [0.05, 0.1) is 6.61 Å². The molecule has 0 spiro atoms. The number of aryl methyl sites for hydroxylation is 1. The molecule has 96 valence electrons. The fourth-order valence-electron chi connectivity index (χ4n) is 2.46. The Morgan fingerprint density at radius 2 is 2.22 bits per heavy atom. The van der Waals surface area contributed by atoms with Crippen LogP contribution in [0.1, 0.15) is 36.5 Å². The third kappa shape index (κ3) is 2.59. The third-order valence-electron chi connectivity index (χ3n) is 3.28. The van der Waals surface area contributed by atoms with Gasteiger partial charge >= 0.3 is 5.97 Å². The predicted octanol–water partition coefficient (Wildman–Crippen LogP) is 3.93. The summed E-state index contributed by atoms with van der Waals surface area (Å²) in [5.74, 6) is -0.264. The number of carbonyl (C=O) groups excluding carboxylic acids is 1. The molecule has 3 heteroatoms. The molecule has 0 unspecified atom stereocenters. The zero-order valence-corrected chi connectivity index (χ0v) is 11.5. The van der Waals surface area contributed by atoms with Gasteiger partial charge in [0.15, 0.2) is 0 Å². The van der Waals surface area contributed by atoms with Gasteiger partial charge in [-0.05, 0) is 61.4 Å². The van der Waals surface area contributed by atoms with Crippen molar-refractivity contribution in [2.75, 3.05) is 6.61 Å². The van der Waals surface area contributed by atoms with E-state index in [0.29, 0.717) is 6.61 Å². The first kappa shape index (κ1) is 13.2. The SMILES string of the molecule is CCOC(=O)/C=C1\CCCc2ccc(Cl)c(C)c21. The molecule has 0 bridgehead atoms. The van der Waals surface area contributed by atoms with Crippen LogP contribution >= 0.6 is 11.6 Å². The average molecular weight is 265 g/mol. The number of allylic oxidation sites excluding steroid dienone is 1. The smallest absolute Gasteiger partial charge is 0.331 e. The molecule has 1 aromatic rings. The Morgan fingerprint density at radius 3 is 2.94 bits per heavy atom. The first-order chi connectivity index (χ1) is 8.63. The molecule has 2 nitrogen and oxygen atoms in total. The lowest BCUT2D eigenvalue weighted by atomic mass is 9.84. The highest BCUT2D eigenvalue weighted by molar-refractivity contribution is 6.31. The Bertz CT molecular complexity index is 503. The second-order valence-electron chi connectivity index (χ2n) is 4.48. The lowest BCUT2D eigenvalue weighted by Crippen LogP contribution is -2.07. The standard InChI is InChI=1S/C15H17ClO2/c1-3-18-14(17)9-12-6-4-5-11-7-8-13(16)10(2)15(11)12/h7-9H,3-6H2,1-2H3/b12-9+. The Morgan fingerprint density at radius 1 is 1.44 bits per heavy atom. The van der Waals surface area contributed by atoms with E-state index in [4.69, 9.17) is 16.3 Å². The Hall–Kier alpha value is -1.28. The number of benzene rings is 1. The summed E-state index contributed by atoms with van der Waals surface area (Å²) in [4.78, 5) is 11.6. The maximum Gasteiger partial charge on any atom is 0.331 e. The van der Waals surface area contributed by atoms with Gasteiger partial charge in [-0.3, -0.25) is 0 Å². The van der Waals surface area contributed by atoms with Crippen LogP contribution in [-0.2, 0) is 16.0 Å². The van der Waals surface area contributed by atoms with Crippen molar-refractivity contribution < 1.29 is 9.53 Å². The Labute approximate surface area is 113 Å². The summed E-state index contributed by atoms with van der Waals surface area (Å²) < 4.78 is 4.98. The molecule has 0 fully saturated rings. The lowest BCUT2D eigenvalue weighted by molar-refractivity contribution is -0.137. The molecule has 0 saturated carbocycles. The number of ether oxygens (including phenoxy) is 1. The van der Waals surface area contributed by atoms with Crippen LogP contribution in [0.15, 0.2) is 18.2 Å². The average Bonchev–Trinajstić information content (AvgIpc) is 2.34. The first-order valence-electron chi connectivity index (χ1n) is 6.29. The van der Waals surface area contributed by atoms with Crippen LogP contribution in [0.4, 0.5) is 0 Å². The highest BCUT2D eigenvalue weighted by Crippen LogP contribution is 2.36. The van der Waals surface area contributed by atoms with Crippen molar-refractivity contribution in [3.05, 3.63) is 39.9 Å². The number of fused-ring (bicyclic) bond motifs is 1. The van der Waals surface area contributed by atoms with Crippen LogP contribution < -0.4 is 0 Å². The number of carbonyl (C=O) groups is 1. The van der Waals surface area contributed by atoms with E-state index in [-0.39, 0.29) is 5.97 Å². The number of rotatable bonds is 2. The van der Waals surface area contributed by atoms with E-state index >= 15 is 0 Å². The third-order valence-corrected chi connectivity index (χ3v) is 3.69. The van der Waals surface area contributed by atoms with Crippen molar-refractivity contribution in [2.45, 2.75) is 33.1 Å². The number of hydrogen-bond acceptors (Lipinski definition) is 2. The van der Waals surface area contributed by atoms with E-state index in [9.17, 15) is 4.79 Å². The zero-order chi connectivity index (χ0) is 13.1. The summed E-state index contributed by atoms with van der Waals surface area (Å²) in [6.45, 7) is 4.23. The van der Waals surface area contributed by atoms with Gasteiger partial charge in [-0.25, -0.2) is 4.79 Å². The number of halogens is 1. The van der Waals surface area contributed by atoms with E-state index in [1.807, 2.05) is 19.9 Å². The van der Waals surface area contributed by atoms with Crippen molar-refractivity contribution in [2.24, 2.45) is 0 Å². The highest BCUT2D eigenvalue weighted by Gasteiger charge is 2.18. The topological polar surface area (TPSA) is 26.3 Å². The summed E-state index contributed by atoms with van der Waals surface area (Å²) in [5.41, 5.74) is 4.53. The summed E-state index contributed by atoms with van der Waals surface area (Å²) >= 11 is 6.17. The summed E-state index contributed by atoms with van der Waals surface area (Å²) in [5, 5.41) is 0.755. The van der Waals surface area contributed by atoms with Gasteiger partial charge in [-0.1, -0.05) is 17.7 Å². The molecule has 0 heterocycles. The minimum Gasteiger partial charge on any atom is -0.463 e. The lowest BCUT2D eigenvalue weighted by Gasteiger charge is -2.21.